The van der Waals surface area contributed by atoms with Gasteiger partial charge in [0.25, 0.3) is 0 Å². The number of esters is 1. The molecule has 0 saturated heterocycles. The van der Waals surface area contributed by atoms with E-state index in [1.165, 1.54) is 24.3 Å². The van der Waals surface area contributed by atoms with Crippen LogP contribution in [0.1, 0.15) is 36.8 Å². The van der Waals surface area contributed by atoms with Crippen LogP contribution >= 0.6 is 11.6 Å². The van der Waals surface area contributed by atoms with Crippen LogP contribution in [-0.2, 0) is 9.47 Å². The number of nitrogens with one attached hydrogen (secondary N) is 1. The van der Waals surface area contributed by atoms with Crippen molar-refractivity contribution in [2.24, 2.45) is 0 Å². The lowest BCUT2D eigenvalue weighted by molar-refractivity contribution is 0.0589. The maximum Gasteiger partial charge on any atom is 0.412 e. The summed E-state index contributed by atoms with van der Waals surface area (Å²) >= 11 is 5.86. The summed E-state index contributed by atoms with van der Waals surface area (Å²) in [4.78, 5) is 28.4. The molecule has 0 unspecified atom stereocenters. The molecule has 9 heteroatoms. The minimum Gasteiger partial charge on any atom is -0.464 e. The molecule has 154 valence electrons. The molecule has 0 spiro atoms. The maximum atomic E-state index is 15.3. The average molecular weight is 425 g/mol. The number of amides is 1. The van der Waals surface area contributed by atoms with E-state index in [2.05, 4.69) is 15.0 Å². The summed E-state index contributed by atoms with van der Waals surface area (Å²) in [7, 11) is 1.10. The number of carbonyl (C=O) groups excluding carboxylic acids is 2. The number of ether oxygens (including phenoxy) is 2. The van der Waals surface area contributed by atoms with Gasteiger partial charge >= 0.3 is 12.1 Å². The first-order valence-corrected chi connectivity index (χ1v) is 8.79. The van der Waals surface area contributed by atoms with Crippen LogP contribution in [0.5, 0.6) is 0 Å². The second-order valence-electron chi connectivity index (χ2n) is 6.83. The molecule has 2 rings (SSSR count). The molecule has 0 aliphatic rings. The van der Waals surface area contributed by atoms with Gasteiger partial charge in [-0.2, -0.15) is 0 Å². The van der Waals surface area contributed by atoms with Gasteiger partial charge in [0.05, 0.1) is 19.1 Å². The Morgan fingerprint density at radius 2 is 1.83 bits per heavy atom. The predicted molar refractivity (Wildman–Crippen MR) is 106 cm³/mol. The molecular weight excluding hydrogens is 406 g/mol. The zero-order chi connectivity index (χ0) is 21.8. The normalized spacial score (nSPS) is 11.4. The number of carbonyl (C=O) groups is 2. The Kier molecular flexibility index (Phi) is 6.92. The van der Waals surface area contributed by atoms with Crippen molar-refractivity contribution in [1.82, 2.24) is 4.98 Å². The second-order valence-corrected chi connectivity index (χ2v) is 7.27. The van der Waals surface area contributed by atoms with Crippen molar-refractivity contribution in [1.29, 1.82) is 0 Å². The molecule has 0 aliphatic heterocycles. The number of pyridine rings is 1. The first-order valence-electron chi connectivity index (χ1n) is 8.42. The molecule has 0 fully saturated rings. The van der Waals surface area contributed by atoms with Gasteiger partial charge < -0.3 is 9.47 Å². The molecule has 1 aromatic carbocycles. The fourth-order valence-corrected chi connectivity index (χ4v) is 2.51. The third kappa shape index (κ3) is 5.51. The van der Waals surface area contributed by atoms with E-state index in [0.717, 1.165) is 13.2 Å². The molecule has 0 saturated carbocycles. The summed E-state index contributed by atoms with van der Waals surface area (Å²) in [6, 6.07) is 5.98. The number of anilines is 1. The van der Waals surface area contributed by atoms with Crippen LogP contribution in [-0.4, -0.2) is 29.8 Å². The van der Waals surface area contributed by atoms with Crippen molar-refractivity contribution in [3.8, 4) is 11.3 Å². The summed E-state index contributed by atoms with van der Waals surface area (Å²) in [5.41, 5.74) is -2.02. The molecule has 0 bridgehead atoms. The van der Waals surface area contributed by atoms with Gasteiger partial charge in [0.1, 0.15) is 11.3 Å². The monoisotopic (exact) mass is 424 g/mol. The lowest BCUT2D eigenvalue weighted by Crippen LogP contribution is -2.28. The van der Waals surface area contributed by atoms with Crippen molar-refractivity contribution >= 4 is 35.4 Å². The Balaban J connectivity index is 2.72. The van der Waals surface area contributed by atoms with Crippen LogP contribution in [0.2, 0.25) is 5.02 Å². The van der Waals surface area contributed by atoms with Crippen LogP contribution in [0.3, 0.4) is 0 Å². The van der Waals surface area contributed by atoms with E-state index in [-0.39, 0.29) is 28.8 Å². The number of rotatable bonds is 4. The number of methoxy groups -OCH3 is 1. The third-order valence-electron chi connectivity index (χ3n) is 3.53. The number of halogens is 3. The summed E-state index contributed by atoms with van der Waals surface area (Å²) in [6.45, 7) is 4.87. The fraction of sp³-hybridized carbons (Fsp3) is 0.250. The van der Waals surface area contributed by atoms with Gasteiger partial charge in [-0.1, -0.05) is 23.7 Å². The van der Waals surface area contributed by atoms with Crippen molar-refractivity contribution in [2.45, 2.75) is 26.4 Å². The number of benzene rings is 1. The molecule has 1 N–H and O–H groups in total. The van der Waals surface area contributed by atoms with Gasteiger partial charge in [-0.15, -0.1) is 0 Å². The maximum absolute atomic E-state index is 15.3. The average Bonchev–Trinajstić information content (AvgIpc) is 2.64. The molecule has 1 aromatic heterocycles. The topological polar surface area (TPSA) is 77.5 Å². The van der Waals surface area contributed by atoms with Crippen LogP contribution < -0.4 is 5.32 Å². The van der Waals surface area contributed by atoms with E-state index < -0.39 is 29.2 Å². The first-order chi connectivity index (χ1) is 13.6. The largest absolute Gasteiger partial charge is 0.464 e. The molecule has 0 atom stereocenters. The zero-order valence-electron chi connectivity index (χ0n) is 16.2. The molecule has 29 heavy (non-hydrogen) atoms. The second kappa shape index (κ2) is 9.00. The van der Waals surface area contributed by atoms with Gasteiger partial charge in [0, 0.05) is 16.1 Å². The minimum absolute atomic E-state index is 0.0884. The van der Waals surface area contributed by atoms with E-state index >= 15 is 4.39 Å². The predicted octanol–water partition coefficient (Wildman–Crippen LogP) is 5.61. The first kappa shape index (κ1) is 22.3. The van der Waals surface area contributed by atoms with Crippen LogP contribution in [0.25, 0.3) is 17.3 Å². The Hall–Kier alpha value is -3.00. The van der Waals surface area contributed by atoms with Gasteiger partial charge in [-0.25, -0.2) is 23.4 Å². The van der Waals surface area contributed by atoms with Gasteiger partial charge in [-0.3, -0.25) is 5.32 Å². The Labute approximate surface area is 171 Å². The highest BCUT2D eigenvalue weighted by molar-refractivity contribution is 6.30. The summed E-state index contributed by atoms with van der Waals surface area (Å²) in [6.07, 6.45) is -0.111. The highest BCUT2D eigenvalue weighted by atomic mass is 35.5. The number of nitrogens with zero attached hydrogens (tertiary/aromatic N) is 1. The highest BCUT2D eigenvalue weighted by Crippen LogP contribution is 2.33. The third-order valence-corrected chi connectivity index (χ3v) is 3.78. The fourth-order valence-electron chi connectivity index (χ4n) is 2.38. The van der Waals surface area contributed by atoms with Crippen molar-refractivity contribution in [3.05, 3.63) is 52.7 Å². The quantitative estimate of drug-likeness (QED) is 0.645. The molecule has 0 radical (unpaired) electrons. The SMILES string of the molecule is COC(=O)c1nc(-c2ccc(Cl)cc2)c(F)c(NC(=O)OC(C)(C)C)c1C=CF. The van der Waals surface area contributed by atoms with Gasteiger partial charge in [-0.05, 0) is 39.0 Å². The highest BCUT2D eigenvalue weighted by Gasteiger charge is 2.27. The number of hydrogen-bond donors (Lipinski definition) is 1. The van der Waals surface area contributed by atoms with Crippen molar-refractivity contribution in [2.75, 3.05) is 12.4 Å². The molecular formula is C20H19ClF2N2O4. The van der Waals surface area contributed by atoms with Crippen molar-refractivity contribution in [3.63, 3.8) is 0 Å². The van der Waals surface area contributed by atoms with Crippen LogP contribution in [0.15, 0.2) is 30.6 Å². The summed E-state index contributed by atoms with van der Waals surface area (Å²) in [5.74, 6) is -1.93. The summed E-state index contributed by atoms with van der Waals surface area (Å²) < 4.78 is 38.1. The standard InChI is InChI=1S/C20H19ClF2N2O4/c1-20(2,3)29-19(27)25-16-13(9-10-22)17(18(26)28-4)24-15(14(16)23)11-5-7-12(21)8-6-11/h5-10H,1-4H3,(H,24,25,27). The Morgan fingerprint density at radius 3 is 2.34 bits per heavy atom. The van der Waals surface area contributed by atoms with E-state index in [9.17, 15) is 14.0 Å². The minimum atomic E-state index is -0.992. The van der Waals surface area contributed by atoms with E-state index in [1.807, 2.05) is 0 Å². The van der Waals surface area contributed by atoms with E-state index in [1.54, 1.807) is 20.8 Å². The Bertz CT molecular complexity index is 954. The van der Waals surface area contributed by atoms with Crippen LogP contribution in [0.4, 0.5) is 19.3 Å². The zero-order valence-corrected chi connectivity index (χ0v) is 16.9. The van der Waals surface area contributed by atoms with E-state index in [0.29, 0.717) is 5.02 Å². The molecule has 1 amide bonds. The molecule has 6 nitrogen and oxygen atoms in total. The number of aromatic nitrogens is 1. The smallest absolute Gasteiger partial charge is 0.412 e. The lowest BCUT2D eigenvalue weighted by atomic mass is 10.0. The van der Waals surface area contributed by atoms with Crippen LogP contribution in [0, 0.1) is 5.82 Å². The van der Waals surface area contributed by atoms with E-state index in [4.69, 9.17) is 16.3 Å². The Morgan fingerprint density at radius 1 is 1.21 bits per heavy atom. The van der Waals surface area contributed by atoms with Gasteiger partial charge in [0.15, 0.2) is 11.5 Å². The summed E-state index contributed by atoms with van der Waals surface area (Å²) in [5, 5.41) is 2.64. The molecule has 2 aromatic rings. The molecule has 0 aliphatic carbocycles. The number of hydrogen-bond acceptors (Lipinski definition) is 5. The molecule has 1 heterocycles. The van der Waals surface area contributed by atoms with Gasteiger partial charge in [0.2, 0.25) is 0 Å². The van der Waals surface area contributed by atoms with Crippen molar-refractivity contribution < 1.29 is 27.8 Å². The lowest BCUT2D eigenvalue weighted by Gasteiger charge is -2.21.